The van der Waals surface area contributed by atoms with E-state index in [1.165, 1.54) is 109 Å². The van der Waals surface area contributed by atoms with Crippen LogP contribution >= 0.6 is 0 Å². The number of rotatable bonds is 41. The number of unbranched alkanes of at least 4 members (excludes halogenated alkanes) is 23. The molecule has 0 fully saturated rings. The molecule has 2 unspecified atom stereocenters. The number of carbonyl (C=O) groups is 3. The Morgan fingerprint density at radius 1 is 0.545 bits per heavy atom. The number of carboxylic acids is 1. The van der Waals surface area contributed by atoms with Crippen LogP contribution < -0.4 is 0 Å². The minimum Gasteiger partial charge on any atom is -0.477 e. The van der Waals surface area contributed by atoms with Crippen LogP contribution in [-0.2, 0) is 28.6 Å². The molecule has 0 heterocycles. The van der Waals surface area contributed by atoms with Crippen molar-refractivity contribution in [1.82, 2.24) is 0 Å². The van der Waals surface area contributed by atoms with E-state index in [1.54, 1.807) is 0 Å². The smallest absolute Gasteiger partial charge is 0.362 e. The third-order valence-electron chi connectivity index (χ3n) is 10.4. The molecule has 0 aliphatic rings. The van der Waals surface area contributed by atoms with Crippen LogP contribution in [0, 0.1) is 0 Å². The molecule has 0 saturated carbocycles. The van der Waals surface area contributed by atoms with Gasteiger partial charge in [0.15, 0.2) is 12.1 Å². The fourth-order valence-electron chi connectivity index (χ4n) is 6.77. The van der Waals surface area contributed by atoms with Gasteiger partial charge in [-0.25, -0.2) is 4.79 Å². The molecule has 0 aliphatic carbocycles. The zero-order chi connectivity index (χ0) is 40.7. The minimum absolute atomic E-state index is 0.0523. The lowest BCUT2D eigenvalue weighted by Gasteiger charge is -2.31. The number of allylic oxidation sites excluding steroid dienone is 4. The van der Waals surface area contributed by atoms with Crippen LogP contribution in [0.1, 0.15) is 206 Å². The minimum atomic E-state index is -0.875. The Morgan fingerprint density at radius 2 is 0.964 bits per heavy atom. The Labute approximate surface area is 339 Å². The molecular weight excluding hydrogens is 691 g/mol. The fraction of sp³-hybridized carbons (Fsp3) is 0.851. The predicted octanol–water partition coefficient (Wildman–Crippen LogP) is 12.5. The molecule has 0 aromatic rings. The molecule has 55 heavy (non-hydrogen) atoms. The van der Waals surface area contributed by atoms with E-state index in [2.05, 4.69) is 38.2 Å². The van der Waals surface area contributed by atoms with Crippen molar-refractivity contribution in [3.63, 3.8) is 0 Å². The molecule has 0 aromatic carbocycles. The lowest BCUT2D eigenvalue weighted by atomic mass is 10.0. The van der Waals surface area contributed by atoms with Crippen molar-refractivity contribution in [2.45, 2.75) is 219 Å². The summed E-state index contributed by atoms with van der Waals surface area (Å²) in [4.78, 5) is 37.0. The first-order valence-corrected chi connectivity index (χ1v) is 22.9. The molecule has 322 valence electrons. The number of likely N-dealkylation sites (N-methyl/N-ethyl adjacent to an activating group) is 1. The molecule has 0 rings (SSSR count). The second-order valence-corrected chi connectivity index (χ2v) is 16.7. The molecule has 0 aromatic heterocycles. The summed E-state index contributed by atoms with van der Waals surface area (Å²) in [5, 5.41) is 9.62. The summed E-state index contributed by atoms with van der Waals surface area (Å²) in [6.07, 6.45) is 42.1. The van der Waals surface area contributed by atoms with Gasteiger partial charge in [-0.05, 0) is 44.9 Å². The Bertz CT molecular complexity index is 957. The third-order valence-corrected chi connectivity index (χ3v) is 10.4. The first-order valence-electron chi connectivity index (χ1n) is 22.9. The first-order chi connectivity index (χ1) is 26.6. The van der Waals surface area contributed by atoms with Crippen molar-refractivity contribution >= 4 is 17.9 Å². The molecule has 0 aliphatic heterocycles. The molecule has 0 spiro atoms. The van der Waals surface area contributed by atoms with Crippen molar-refractivity contribution in [2.75, 3.05) is 41.0 Å². The standard InChI is InChI=1S/C47H87NO7/c1-6-8-10-12-14-16-18-20-22-24-25-27-29-31-33-35-37-45(49)54-42-43(41-53-40-39-44(47(51)52)48(3,4)5)55-46(50)38-36-34-32-30-28-26-23-21-19-17-15-13-11-9-7-2/h15,17,21,23,43-44H,6-14,16,18-20,22,24-42H2,1-5H3/p+1/b17-15-,23-21-. The molecular formula is C47H88NO7+. The van der Waals surface area contributed by atoms with Crippen molar-refractivity contribution in [2.24, 2.45) is 0 Å². The maximum Gasteiger partial charge on any atom is 0.362 e. The number of hydrogen-bond acceptors (Lipinski definition) is 6. The molecule has 0 saturated heterocycles. The summed E-state index contributed by atoms with van der Waals surface area (Å²) < 4.78 is 17.3. The van der Waals surface area contributed by atoms with Crippen LogP contribution in [0.2, 0.25) is 0 Å². The molecule has 1 N–H and O–H groups in total. The normalized spacial score (nSPS) is 13.1. The number of hydrogen-bond donors (Lipinski definition) is 1. The van der Waals surface area contributed by atoms with Crippen molar-refractivity contribution in [3.05, 3.63) is 24.3 Å². The monoisotopic (exact) mass is 779 g/mol. The van der Waals surface area contributed by atoms with Gasteiger partial charge in [0.2, 0.25) is 0 Å². The predicted molar refractivity (Wildman–Crippen MR) is 229 cm³/mol. The average Bonchev–Trinajstić information content (AvgIpc) is 3.14. The number of carboxylic acid groups (broad SMARTS) is 1. The van der Waals surface area contributed by atoms with Gasteiger partial charge in [-0.1, -0.05) is 167 Å². The Morgan fingerprint density at radius 3 is 1.44 bits per heavy atom. The van der Waals surface area contributed by atoms with Crippen LogP contribution in [0.25, 0.3) is 0 Å². The van der Waals surface area contributed by atoms with Gasteiger partial charge in [0.25, 0.3) is 0 Å². The lowest BCUT2D eigenvalue weighted by Crippen LogP contribution is -2.50. The second kappa shape index (κ2) is 38.7. The van der Waals surface area contributed by atoms with Gasteiger partial charge in [0.1, 0.15) is 6.61 Å². The number of nitrogens with zero attached hydrogens (tertiary/aromatic N) is 1. The van der Waals surface area contributed by atoms with Crippen molar-refractivity contribution in [1.29, 1.82) is 0 Å². The van der Waals surface area contributed by atoms with Gasteiger partial charge in [0, 0.05) is 19.3 Å². The highest BCUT2D eigenvalue weighted by Crippen LogP contribution is 2.15. The first kappa shape index (κ1) is 52.8. The van der Waals surface area contributed by atoms with Crippen molar-refractivity contribution in [3.8, 4) is 0 Å². The topological polar surface area (TPSA) is 99.1 Å². The van der Waals surface area contributed by atoms with Gasteiger partial charge < -0.3 is 23.8 Å². The Balaban J connectivity index is 4.32. The summed E-state index contributed by atoms with van der Waals surface area (Å²) in [6, 6.07) is -0.614. The summed E-state index contributed by atoms with van der Waals surface area (Å²) in [5.41, 5.74) is 0. The SMILES string of the molecule is CCCCC/C=C\C/C=C\CCCCCCCC(=O)OC(COCCC(C(=O)O)[N+](C)(C)C)COC(=O)CCCCCCCCCCCCCCCCCC. The van der Waals surface area contributed by atoms with Gasteiger partial charge in [-0.3, -0.25) is 9.59 Å². The van der Waals surface area contributed by atoms with Crippen molar-refractivity contribution < 1.29 is 38.2 Å². The molecule has 8 heteroatoms. The fourth-order valence-corrected chi connectivity index (χ4v) is 6.77. The number of aliphatic carboxylic acids is 1. The van der Waals surface area contributed by atoms with E-state index in [4.69, 9.17) is 14.2 Å². The third kappa shape index (κ3) is 37.2. The van der Waals surface area contributed by atoms with E-state index in [1.807, 2.05) is 21.1 Å². The zero-order valence-corrected chi connectivity index (χ0v) is 36.6. The summed E-state index contributed by atoms with van der Waals surface area (Å²) in [7, 11) is 5.53. The van der Waals surface area contributed by atoms with E-state index < -0.39 is 18.1 Å². The van der Waals surface area contributed by atoms with Crippen LogP contribution in [0.15, 0.2) is 24.3 Å². The van der Waals surface area contributed by atoms with Gasteiger partial charge in [0.05, 0.1) is 34.4 Å². The van der Waals surface area contributed by atoms with Gasteiger partial charge in [-0.15, -0.1) is 0 Å². The van der Waals surface area contributed by atoms with Crippen LogP contribution in [0.5, 0.6) is 0 Å². The van der Waals surface area contributed by atoms with E-state index in [0.717, 1.165) is 64.2 Å². The highest BCUT2D eigenvalue weighted by Gasteiger charge is 2.31. The van der Waals surface area contributed by atoms with E-state index >= 15 is 0 Å². The Kier molecular flexibility index (Phi) is 37.1. The number of carbonyl (C=O) groups excluding carboxylic acids is 2. The summed E-state index contributed by atoms with van der Waals surface area (Å²) in [6.45, 7) is 4.72. The molecule has 8 nitrogen and oxygen atoms in total. The maximum atomic E-state index is 12.7. The van der Waals surface area contributed by atoms with Crippen LogP contribution in [0.4, 0.5) is 0 Å². The second-order valence-electron chi connectivity index (χ2n) is 16.7. The quantitative estimate of drug-likeness (QED) is 0.0285. The number of ether oxygens (including phenoxy) is 3. The summed E-state index contributed by atoms with van der Waals surface area (Å²) >= 11 is 0. The Hall–Kier alpha value is -2.19. The summed E-state index contributed by atoms with van der Waals surface area (Å²) in [5.74, 6) is -1.47. The van der Waals surface area contributed by atoms with E-state index in [9.17, 15) is 19.5 Å². The highest BCUT2D eigenvalue weighted by molar-refractivity contribution is 5.72. The molecule has 0 bridgehead atoms. The number of esters is 2. The van der Waals surface area contributed by atoms with Crippen LogP contribution in [-0.4, -0.2) is 80.6 Å². The van der Waals surface area contributed by atoms with E-state index in [0.29, 0.717) is 19.3 Å². The molecule has 0 amide bonds. The lowest BCUT2D eigenvalue weighted by molar-refractivity contribution is -0.887. The van der Waals surface area contributed by atoms with Gasteiger partial charge >= 0.3 is 17.9 Å². The maximum absolute atomic E-state index is 12.7. The average molecular weight is 779 g/mol. The zero-order valence-electron chi connectivity index (χ0n) is 36.6. The highest BCUT2D eigenvalue weighted by atomic mass is 16.6. The molecule has 2 atom stereocenters. The van der Waals surface area contributed by atoms with Crippen LogP contribution in [0.3, 0.4) is 0 Å². The molecule has 0 radical (unpaired) electrons. The van der Waals surface area contributed by atoms with Gasteiger partial charge in [-0.2, -0.15) is 0 Å². The largest absolute Gasteiger partial charge is 0.477 e. The van der Waals surface area contributed by atoms with E-state index in [-0.39, 0.29) is 36.2 Å². The number of quaternary nitrogens is 1.